The summed E-state index contributed by atoms with van der Waals surface area (Å²) in [5.74, 6) is 5.49. The van der Waals surface area contributed by atoms with Gasteiger partial charge in [0.15, 0.2) is 5.82 Å². The lowest BCUT2D eigenvalue weighted by Gasteiger charge is -2.01. The van der Waals surface area contributed by atoms with E-state index in [0.717, 1.165) is 19.1 Å². The third kappa shape index (κ3) is 10.6. The van der Waals surface area contributed by atoms with Crippen molar-refractivity contribution < 1.29 is 9.60 Å². The first kappa shape index (κ1) is 21.2. The zero-order valence-electron chi connectivity index (χ0n) is 15.4. The van der Waals surface area contributed by atoms with Gasteiger partial charge in [-0.25, -0.2) is 9.37 Å². The quantitative estimate of drug-likeness (QED) is 0.164. The van der Waals surface area contributed by atoms with Gasteiger partial charge in [0, 0.05) is 6.42 Å². The molecule has 0 aliphatic carbocycles. The zero-order chi connectivity index (χ0) is 18.2. The van der Waals surface area contributed by atoms with Crippen LogP contribution in [0.3, 0.4) is 0 Å². The third-order valence-electron chi connectivity index (χ3n) is 4.17. The summed E-state index contributed by atoms with van der Waals surface area (Å²) in [6.07, 6.45) is 16.3. The second kappa shape index (κ2) is 14.5. The first-order valence-electron chi connectivity index (χ1n) is 9.60. The van der Waals surface area contributed by atoms with Gasteiger partial charge in [-0.2, -0.15) is 0 Å². The Balaban J connectivity index is 2.07. The molecule has 0 aliphatic heterocycles. The summed E-state index contributed by atoms with van der Waals surface area (Å²) in [6, 6.07) is 2.83. The summed E-state index contributed by atoms with van der Waals surface area (Å²) in [5, 5.41) is 11.3. The molecule has 1 N–H and O–H groups in total. The van der Waals surface area contributed by atoms with E-state index in [4.69, 9.17) is 5.21 Å². The van der Waals surface area contributed by atoms with Gasteiger partial charge in [-0.3, -0.25) is 0 Å². The number of unbranched alkanes of at least 4 members (excludes halogenated alkanes) is 11. The fourth-order valence-electron chi connectivity index (χ4n) is 2.70. The van der Waals surface area contributed by atoms with Crippen molar-refractivity contribution in [2.75, 3.05) is 0 Å². The molecule has 0 atom stereocenters. The van der Waals surface area contributed by atoms with Crippen molar-refractivity contribution in [3.63, 3.8) is 0 Å². The predicted molar refractivity (Wildman–Crippen MR) is 102 cm³/mol. The fraction of sp³-hybridized carbons (Fsp3) is 0.619. The highest BCUT2D eigenvalue weighted by molar-refractivity contribution is 5.76. The van der Waals surface area contributed by atoms with Crippen molar-refractivity contribution in [3.05, 3.63) is 29.3 Å². The Morgan fingerprint density at radius 1 is 1.00 bits per heavy atom. The molecule has 0 unspecified atom stereocenters. The summed E-state index contributed by atoms with van der Waals surface area (Å²) in [5.41, 5.74) is 0.503. The van der Waals surface area contributed by atoms with Crippen LogP contribution in [0.1, 0.15) is 95.4 Å². The molecular weight excluding hydrogens is 315 g/mol. The molecule has 0 aromatic carbocycles. The number of rotatable bonds is 12. The van der Waals surface area contributed by atoms with E-state index in [1.54, 1.807) is 0 Å². The van der Waals surface area contributed by atoms with Gasteiger partial charge in [0.05, 0.1) is 6.21 Å². The Morgan fingerprint density at radius 3 is 2.20 bits per heavy atom. The maximum Gasteiger partial charge on any atom is 0.150 e. The van der Waals surface area contributed by atoms with Crippen LogP contribution in [0, 0.1) is 17.7 Å². The Hall–Kier alpha value is -1.89. The van der Waals surface area contributed by atoms with E-state index in [2.05, 4.69) is 28.9 Å². The van der Waals surface area contributed by atoms with E-state index in [0.29, 0.717) is 5.69 Å². The van der Waals surface area contributed by atoms with E-state index in [-0.39, 0.29) is 5.69 Å². The molecule has 0 fully saturated rings. The van der Waals surface area contributed by atoms with Crippen molar-refractivity contribution in [2.45, 2.75) is 84.0 Å². The lowest BCUT2D eigenvalue weighted by Crippen LogP contribution is -1.95. The summed E-state index contributed by atoms with van der Waals surface area (Å²) in [7, 11) is 0. The largest absolute Gasteiger partial charge is 0.411 e. The molecule has 0 radical (unpaired) electrons. The number of hydrogen-bond acceptors (Lipinski definition) is 3. The molecule has 3 nitrogen and oxygen atoms in total. The first-order valence-corrected chi connectivity index (χ1v) is 9.60. The van der Waals surface area contributed by atoms with E-state index in [1.165, 1.54) is 76.3 Å². The van der Waals surface area contributed by atoms with Crippen molar-refractivity contribution in [2.24, 2.45) is 5.16 Å². The van der Waals surface area contributed by atoms with Gasteiger partial charge < -0.3 is 5.21 Å². The van der Waals surface area contributed by atoms with Crippen molar-refractivity contribution in [1.29, 1.82) is 0 Å². The molecule has 138 valence electrons. The van der Waals surface area contributed by atoms with Crippen LogP contribution >= 0.6 is 0 Å². The number of hydrogen-bond donors (Lipinski definition) is 1. The van der Waals surface area contributed by atoms with Crippen molar-refractivity contribution in [1.82, 2.24) is 4.98 Å². The Morgan fingerprint density at radius 2 is 1.60 bits per heavy atom. The Kier molecular flexibility index (Phi) is 12.2. The minimum Gasteiger partial charge on any atom is -0.411 e. The second-order valence-corrected chi connectivity index (χ2v) is 6.40. The number of pyridine rings is 1. The Labute approximate surface area is 151 Å². The number of nitrogens with zero attached hydrogens (tertiary/aromatic N) is 2. The van der Waals surface area contributed by atoms with Crippen LogP contribution in [0.4, 0.5) is 4.39 Å². The molecule has 4 heteroatoms. The fourth-order valence-corrected chi connectivity index (χ4v) is 2.70. The number of oxime groups is 1. The van der Waals surface area contributed by atoms with Crippen LogP contribution < -0.4 is 0 Å². The van der Waals surface area contributed by atoms with Crippen molar-refractivity contribution >= 4 is 6.21 Å². The lowest BCUT2D eigenvalue weighted by molar-refractivity contribution is 0.321. The molecule has 0 spiro atoms. The van der Waals surface area contributed by atoms with E-state index < -0.39 is 5.82 Å². The van der Waals surface area contributed by atoms with Crippen LogP contribution in [0.15, 0.2) is 17.3 Å². The average molecular weight is 346 g/mol. The SMILES string of the molecule is CCCCCCCCCCCCCC#Cc1ccc(F)c(/C=N/O)n1. The minimum atomic E-state index is -0.520. The normalized spacial score (nSPS) is 10.8. The molecule has 0 bridgehead atoms. The van der Waals surface area contributed by atoms with Gasteiger partial charge in [0.25, 0.3) is 0 Å². The number of aromatic nitrogens is 1. The molecule has 1 aromatic rings. The molecular formula is C21H31FN2O. The average Bonchev–Trinajstić information content (AvgIpc) is 2.62. The van der Waals surface area contributed by atoms with E-state index in [9.17, 15) is 4.39 Å². The second-order valence-electron chi connectivity index (χ2n) is 6.40. The van der Waals surface area contributed by atoms with Gasteiger partial charge >= 0.3 is 0 Å². The third-order valence-corrected chi connectivity index (χ3v) is 4.17. The molecule has 0 aliphatic rings. The van der Waals surface area contributed by atoms with Gasteiger partial charge in [-0.1, -0.05) is 82.2 Å². The lowest BCUT2D eigenvalue weighted by atomic mass is 10.1. The predicted octanol–water partition coefficient (Wildman–Crippen LogP) is 6.08. The monoisotopic (exact) mass is 346 g/mol. The highest BCUT2D eigenvalue weighted by atomic mass is 19.1. The molecule has 0 saturated heterocycles. The standard InChI is InChI=1S/C21H31FN2O/c1-2-3-4-5-6-7-8-9-10-11-12-13-14-15-19-16-17-20(22)21(24-19)18-23-25/h16-18,25H,2-13H2,1H3/b23-18+. The van der Waals surface area contributed by atoms with Crippen LogP contribution in [0.25, 0.3) is 0 Å². The maximum absolute atomic E-state index is 13.3. The highest BCUT2D eigenvalue weighted by Crippen LogP contribution is 2.11. The highest BCUT2D eigenvalue weighted by Gasteiger charge is 2.01. The summed E-state index contributed by atoms with van der Waals surface area (Å²) >= 11 is 0. The molecule has 25 heavy (non-hydrogen) atoms. The van der Waals surface area contributed by atoms with Gasteiger partial charge in [-0.05, 0) is 24.5 Å². The van der Waals surface area contributed by atoms with Gasteiger partial charge in [0.1, 0.15) is 11.4 Å². The zero-order valence-corrected chi connectivity index (χ0v) is 15.4. The van der Waals surface area contributed by atoms with Crippen LogP contribution in [-0.2, 0) is 0 Å². The molecule has 1 rings (SSSR count). The smallest absolute Gasteiger partial charge is 0.150 e. The number of halogens is 1. The van der Waals surface area contributed by atoms with E-state index in [1.807, 2.05) is 0 Å². The molecule has 1 heterocycles. The first-order chi connectivity index (χ1) is 12.3. The summed E-state index contributed by atoms with van der Waals surface area (Å²) < 4.78 is 13.3. The molecule has 1 aromatic heterocycles. The van der Waals surface area contributed by atoms with Crippen LogP contribution in [-0.4, -0.2) is 16.4 Å². The van der Waals surface area contributed by atoms with Gasteiger partial charge in [-0.15, -0.1) is 0 Å². The minimum absolute atomic E-state index is 0.00370. The van der Waals surface area contributed by atoms with Crippen LogP contribution in [0.2, 0.25) is 0 Å². The molecule has 0 amide bonds. The topological polar surface area (TPSA) is 45.5 Å². The van der Waals surface area contributed by atoms with Crippen LogP contribution in [0.5, 0.6) is 0 Å². The van der Waals surface area contributed by atoms with Gasteiger partial charge in [0.2, 0.25) is 0 Å². The Bertz CT molecular complexity index is 561. The molecule has 0 saturated carbocycles. The maximum atomic E-state index is 13.3. The van der Waals surface area contributed by atoms with E-state index >= 15 is 0 Å². The summed E-state index contributed by atoms with van der Waals surface area (Å²) in [4.78, 5) is 4.00. The summed E-state index contributed by atoms with van der Waals surface area (Å²) in [6.45, 7) is 2.25. The van der Waals surface area contributed by atoms with Crippen molar-refractivity contribution in [3.8, 4) is 11.8 Å².